The quantitative estimate of drug-likeness (QED) is 0.760. The number of rotatable bonds is 6. The Morgan fingerprint density at radius 3 is 2.72 bits per heavy atom. The molecule has 3 rings (SSSR count). The molecule has 2 N–H and O–H groups in total. The van der Waals surface area contributed by atoms with E-state index < -0.39 is 7.60 Å². The summed E-state index contributed by atoms with van der Waals surface area (Å²) >= 11 is 0. The standard InChI is InChI=1S/C17H24N3O4P/c1-2-24-14-3-4-15-16(11-14)18-12-19-17(15)20-8-5-13(6-9-20)7-10-25(21,22)23/h3-4,11-13H,2,5-10H2,1H3,(H2,21,22,23). The number of benzene rings is 1. The first-order valence-electron chi connectivity index (χ1n) is 8.63. The molecule has 136 valence electrons. The van der Waals surface area contributed by atoms with E-state index in [-0.39, 0.29) is 6.16 Å². The molecule has 1 aliphatic heterocycles. The molecule has 0 amide bonds. The third-order valence-corrected chi connectivity index (χ3v) is 5.48. The number of nitrogens with zero attached hydrogens (tertiary/aromatic N) is 3. The molecule has 1 aromatic carbocycles. The number of anilines is 1. The number of hydrogen-bond acceptors (Lipinski definition) is 5. The second kappa shape index (κ2) is 7.68. The molecule has 1 aromatic heterocycles. The maximum atomic E-state index is 11.0. The lowest BCUT2D eigenvalue weighted by Crippen LogP contribution is -2.34. The van der Waals surface area contributed by atoms with Gasteiger partial charge in [0.25, 0.3) is 0 Å². The van der Waals surface area contributed by atoms with Crippen molar-refractivity contribution in [3.05, 3.63) is 24.5 Å². The minimum Gasteiger partial charge on any atom is -0.494 e. The third-order valence-electron chi connectivity index (χ3n) is 4.64. The number of ether oxygens (including phenoxy) is 1. The van der Waals surface area contributed by atoms with Gasteiger partial charge in [-0.3, -0.25) is 4.57 Å². The van der Waals surface area contributed by atoms with Crippen LogP contribution in [-0.2, 0) is 4.57 Å². The number of hydrogen-bond donors (Lipinski definition) is 2. The molecule has 0 atom stereocenters. The number of fused-ring (bicyclic) bond motifs is 1. The summed E-state index contributed by atoms with van der Waals surface area (Å²) in [6.45, 7) is 4.24. The maximum absolute atomic E-state index is 11.0. The molecule has 0 spiro atoms. The molecule has 1 fully saturated rings. The van der Waals surface area contributed by atoms with Crippen molar-refractivity contribution in [3.63, 3.8) is 0 Å². The van der Waals surface area contributed by atoms with E-state index in [1.807, 2.05) is 25.1 Å². The second-order valence-corrected chi connectivity index (χ2v) is 8.19. The van der Waals surface area contributed by atoms with Crippen molar-refractivity contribution < 1.29 is 19.1 Å². The SMILES string of the molecule is CCOc1ccc2c(N3CCC(CCP(=O)(O)O)CC3)ncnc2c1. The predicted molar refractivity (Wildman–Crippen MR) is 97.2 cm³/mol. The van der Waals surface area contributed by atoms with Gasteiger partial charge in [0.05, 0.1) is 18.3 Å². The lowest BCUT2D eigenvalue weighted by molar-refractivity contribution is 0.340. The van der Waals surface area contributed by atoms with Crippen LogP contribution in [-0.4, -0.2) is 45.6 Å². The van der Waals surface area contributed by atoms with E-state index >= 15 is 0 Å². The zero-order valence-corrected chi connectivity index (χ0v) is 15.2. The van der Waals surface area contributed by atoms with Gasteiger partial charge in [-0.15, -0.1) is 0 Å². The Bertz CT molecular complexity index is 772. The van der Waals surface area contributed by atoms with Gasteiger partial charge in [0.1, 0.15) is 17.9 Å². The van der Waals surface area contributed by atoms with Crippen LogP contribution in [0.1, 0.15) is 26.2 Å². The highest BCUT2D eigenvalue weighted by Gasteiger charge is 2.24. The monoisotopic (exact) mass is 365 g/mol. The highest BCUT2D eigenvalue weighted by atomic mass is 31.2. The fourth-order valence-electron chi connectivity index (χ4n) is 3.32. The van der Waals surface area contributed by atoms with E-state index in [2.05, 4.69) is 14.9 Å². The van der Waals surface area contributed by atoms with Crippen molar-refractivity contribution in [3.8, 4) is 5.75 Å². The summed E-state index contributed by atoms with van der Waals surface area (Å²) in [6, 6.07) is 5.86. The van der Waals surface area contributed by atoms with Crippen LogP contribution in [0.4, 0.5) is 5.82 Å². The van der Waals surface area contributed by atoms with Crippen LogP contribution >= 0.6 is 7.60 Å². The first kappa shape index (κ1) is 18.1. The topological polar surface area (TPSA) is 95.8 Å². The molecular weight excluding hydrogens is 341 g/mol. The Kier molecular flexibility index (Phi) is 5.57. The van der Waals surface area contributed by atoms with Crippen LogP contribution in [0.5, 0.6) is 5.75 Å². The summed E-state index contributed by atoms with van der Waals surface area (Å²) in [5.74, 6) is 2.08. The summed E-state index contributed by atoms with van der Waals surface area (Å²) in [6.07, 6.45) is 3.98. The van der Waals surface area contributed by atoms with Gasteiger partial charge in [-0.1, -0.05) is 0 Å². The lowest BCUT2D eigenvalue weighted by Gasteiger charge is -2.33. The van der Waals surface area contributed by atoms with E-state index in [4.69, 9.17) is 14.5 Å². The number of piperidine rings is 1. The third kappa shape index (κ3) is 4.69. The molecule has 1 aliphatic rings. The molecule has 0 aliphatic carbocycles. The molecule has 25 heavy (non-hydrogen) atoms. The molecule has 2 heterocycles. The highest BCUT2D eigenvalue weighted by Crippen LogP contribution is 2.38. The normalized spacial score (nSPS) is 16.4. The fourth-order valence-corrected chi connectivity index (χ4v) is 4.02. The van der Waals surface area contributed by atoms with Crippen LogP contribution in [0.15, 0.2) is 24.5 Å². The Morgan fingerprint density at radius 1 is 1.28 bits per heavy atom. The Morgan fingerprint density at radius 2 is 2.04 bits per heavy atom. The van der Waals surface area contributed by atoms with Crippen LogP contribution in [0.2, 0.25) is 0 Å². The minimum absolute atomic E-state index is 0.0195. The molecule has 8 heteroatoms. The van der Waals surface area contributed by atoms with Crippen LogP contribution in [0.3, 0.4) is 0 Å². The summed E-state index contributed by atoms with van der Waals surface area (Å²) in [5, 5.41) is 1.000. The zero-order valence-electron chi connectivity index (χ0n) is 14.3. The van der Waals surface area contributed by atoms with Crippen LogP contribution < -0.4 is 9.64 Å². The van der Waals surface area contributed by atoms with Gasteiger partial charge in [0, 0.05) is 24.5 Å². The van der Waals surface area contributed by atoms with Crippen molar-refractivity contribution in [2.75, 3.05) is 30.8 Å². The van der Waals surface area contributed by atoms with Crippen molar-refractivity contribution >= 4 is 24.3 Å². The largest absolute Gasteiger partial charge is 0.494 e. The predicted octanol–water partition coefficient (Wildman–Crippen LogP) is 2.81. The minimum atomic E-state index is -3.89. The summed E-state index contributed by atoms with van der Waals surface area (Å²) in [7, 11) is -3.89. The first-order chi connectivity index (χ1) is 12.0. The van der Waals surface area contributed by atoms with Gasteiger partial charge in [0.2, 0.25) is 0 Å². The summed E-state index contributed by atoms with van der Waals surface area (Å²) in [5.41, 5.74) is 0.861. The molecular formula is C17H24N3O4P. The van der Waals surface area contributed by atoms with Gasteiger partial charge < -0.3 is 19.4 Å². The van der Waals surface area contributed by atoms with Crippen LogP contribution in [0.25, 0.3) is 10.9 Å². The molecule has 7 nitrogen and oxygen atoms in total. The molecule has 0 saturated carbocycles. The van der Waals surface area contributed by atoms with Gasteiger partial charge in [-0.05, 0) is 44.2 Å². The maximum Gasteiger partial charge on any atom is 0.325 e. The molecule has 0 unspecified atom stereocenters. The Labute approximate surface area is 147 Å². The van der Waals surface area contributed by atoms with Crippen molar-refractivity contribution in [2.24, 2.45) is 5.92 Å². The molecule has 0 radical (unpaired) electrons. The zero-order chi connectivity index (χ0) is 17.9. The first-order valence-corrected chi connectivity index (χ1v) is 10.4. The molecule has 2 aromatic rings. The van der Waals surface area contributed by atoms with Gasteiger partial charge in [0.15, 0.2) is 0 Å². The summed E-state index contributed by atoms with van der Waals surface area (Å²) in [4.78, 5) is 29.1. The fraction of sp³-hybridized carbons (Fsp3) is 0.529. The smallest absolute Gasteiger partial charge is 0.325 e. The van der Waals surface area contributed by atoms with Crippen LogP contribution in [0, 0.1) is 5.92 Å². The molecule has 1 saturated heterocycles. The average molecular weight is 365 g/mol. The van der Waals surface area contributed by atoms with Crippen molar-refractivity contribution in [1.29, 1.82) is 0 Å². The van der Waals surface area contributed by atoms with E-state index in [1.54, 1.807) is 6.33 Å². The number of aromatic nitrogens is 2. The average Bonchev–Trinajstić information content (AvgIpc) is 2.59. The Balaban J connectivity index is 1.70. The second-order valence-electron chi connectivity index (χ2n) is 6.42. The highest BCUT2D eigenvalue weighted by molar-refractivity contribution is 7.51. The van der Waals surface area contributed by atoms with Gasteiger partial charge in [-0.2, -0.15) is 0 Å². The van der Waals surface area contributed by atoms with Crippen molar-refractivity contribution in [1.82, 2.24) is 9.97 Å². The van der Waals surface area contributed by atoms with Gasteiger partial charge >= 0.3 is 7.60 Å². The van der Waals surface area contributed by atoms with Gasteiger partial charge in [-0.25, -0.2) is 9.97 Å². The van der Waals surface area contributed by atoms with E-state index in [0.29, 0.717) is 18.9 Å². The Hall–Kier alpha value is -1.69. The van der Waals surface area contributed by atoms with E-state index in [1.165, 1.54) is 0 Å². The van der Waals surface area contributed by atoms with E-state index in [9.17, 15) is 4.57 Å². The van der Waals surface area contributed by atoms with Crippen molar-refractivity contribution in [2.45, 2.75) is 26.2 Å². The lowest BCUT2D eigenvalue weighted by atomic mass is 9.94. The summed E-state index contributed by atoms with van der Waals surface area (Å²) < 4.78 is 16.6. The van der Waals surface area contributed by atoms with E-state index in [0.717, 1.165) is 48.4 Å². The molecule has 0 bridgehead atoms.